The van der Waals surface area contributed by atoms with Crippen LogP contribution in [0.5, 0.6) is 0 Å². The second-order valence-electron chi connectivity index (χ2n) is 3.68. The molecular formula is C11H13ClFN. The van der Waals surface area contributed by atoms with Crippen LogP contribution in [0.2, 0.25) is 5.02 Å². The molecule has 1 saturated heterocycles. The third-order valence-electron chi connectivity index (χ3n) is 2.70. The van der Waals surface area contributed by atoms with Gasteiger partial charge in [0, 0.05) is 23.0 Å². The molecule has 0 unspecified atom stereocenters. The van der Waals surface area contributed by atoms with Crippen molar-refractivity contribution in [3.05, 3.63) is 34.6 Å². The summed E-state index contributed by atoms with van der Waals surface area (Å²) in [6, 6.07) is 4.89. The Balaban J connectivity index is 2.29. The molecule has 76 valence electrons. The molecule has 0 saturated carbocycles. The highest BCUT2D eigenvalue weighted by atomic mass is 35.5. The van der Waals surface area contributed by atoms with E-state index in [-0.39, 0.29) is 11.7 Å². The standard InChI is InChI=1S/C11H13ClFN/c12-9-4-1-5-10(13)11(9)8-3-2-6-14-7-8/h1,4-5,8,14H,2-3,6-7H2/t8-/m1/s1. The normalized spacial score (nSPS) is 22.3. The molecule has 1 N–H and O–H groups in total. The Bertz CT molecular complexity index is 301. The van der Waals surface area contributed by atoms with Gasteiger partial charge >= 0.3 is 0 Å². The average Bonchev–Trinajstić information content (AvgIpc) is 2.19. The Morgan fingerprint density at radius 1 is 1.43 bits per heavy atom. The highest BCUT2D eigenvalue weighted by Gasteiger charge is 2.20. The minimum absolute atomic E-state index is 0.175. The van der Waals surface area contributed by atoms with Crippen molar-refractivity contribution in [3.8, 4) is 0 Å². The summed E-state index contributed by atoms with van der Waals surface area (Å²) in [5.74, 6) is 0.0589. The Kier molecular flexibility index (Phi) is 3.04. The first-order chi connectivity index (χ1) is 6.79. The zero-order valence-corrected chi connectivity index (χ0v) is 8.65. The van der Waals surface area contributed by atoms with E-state index in [1.54, 1.807) is 12.1 Å². The molecule has 1 aromatic carbocycles. The first-order valence-electron chi connectivity index (χ1n) is 4.93. The largest absolute Gasteiger partial charge is 0.316 e. The molecule has 1 atom stereocenters. The number of halogens is 2. The quantitative estimate of drug-likeness (QED) is 0.757. The van der Waals surface area contributed by atoms with E-state index in [1.165, 1.54) is 6.07 Å². The lowest BCUT2D eigenvalue weighted by Gasteiger charge is -2.24. The molecule has 14 heavy (non-hydrogen) atoms. The maximum absolute atomic E-state index is 13.5. The van der Waals surface area contributed by atoms with Gasteiger partial charge in [-0.1, -0.05) is 17.7 Å². The van der Waals surface area contributed by atoms with Crippen LogP contribution in [0, 0.1) is 5.82 Å². The van der Waals surface area contributed by atoms with Crippen LogP contribution < -0.4 is 5.32 Å². The third-order valence-corrected chi connectivity index (χ3v) is 3.03. The molecule has 1 aliphatic heterocycles. The van der Waals surface area contributed by atoms with Gasteiger partial charge in [-0.25, -0.2) is 4.39 Å². The summed E-state index contributed by atoms with van der Waals surface area (Å²) in [6.07, 6.45) is 2.11. The summed E-state index contributed by atoms with van der Waals surface area (Å²) in [5.41, 5.74) is 0.682. The van der Waals surface area contributed by atoms with Crippen LogP contribution in [0.15, 0.2) is 18.2 Å². The number of rotatable bonds is 1. The number of benzene rings is 1. The summed E-state index contributed by atoms with van der Waals surface area (Å²) >= 11 is 6.00. The van der Waals surface area contributed by atoms with Crippen molar-refractivity contribution in [2.45, 2.75) is 18.8 Å². The van der Waals surface area contributed by atoms with E-state index in [9.17, 15) is 4.39 Å². The van der Waals surface area contributed by atoms with Crippen molar-refractivity contribution >= 4 is 11.6 Å². The van der Waals surface area contributed by atoms with Crippen LogP contribution in [0.4, 0.5) is 4.39 Å². The lowest BCUT2D eigenvalue weighted by Crippen LogP contribution is -2.29. The van der Waals surface area contributed by atoms with Crippen LogP contribution in [0.3, 0.4) is 0 Å². The molecule has 0 aromatic heterocycles. The molecule has 0 aliphatic carbocycles. The van der Waals surface area contributed by atoms with Crippen molar-refractivity contribution in [1.29, 1.82) is 0 Å². The summed E-state index contributed by atoms with van der Waals surface area (Å²) in [4.78, 5) is 0. The zero-order chi connectivity index (χ0) is 9.97. The number of piperidine rings is 1. The van der Waals surface area contributed by atoms with Crippen molar-refractivity contribution in [2.75, 3.05) is 13.1 Å². The first kappa shape index (κ1) is 9.94. The zero-order valence-electron chi connectivity index (χ0n) is 7.89. The van der Waals surface area contributed by atoms with E-state index in [4.69, 9.17) is 11.6 Å². The SMILES string of the molecule is Fc1cccc(Cl)c1[C@@H]1CCCNC1. The summed E-state index contributed by atoms with van der Waals surface area (Å²) in [5, 5.41) is 3.82. The van der Waals surface area contributed by atoms with Gasteiger partial charge in [0.2, 0.25) is 0 Å². The third kappa shape index (κ3) is 1.91. The van der Waals surface area contributed by atoms with Crippen molar-refractivity contribution in [1.82, 2.24) is 5.32 Å². The average molecular weight is 214 g/mol. The highest BCUT2D eigenvalue weighted by molar-refractivity contribution is 6.31. The van der Waals surface area contributed by atoms with Gasteiger partial charge in [0.1, 0.15) is 5.82 Å². The minimum atomic E-state index is -0.175. The van der Waals surface area contributed by atoms with Crippen LogP contribution in [-0.4, -0.2) is 13.1 Å². The van der Waals surface area contributed by atoms with Crippen LogP contribution >= 0.6 is 11.6 Å². The Hall–Kier alpha value is -0.600. The number of hydrogen-bond donors (Lipinski definition) is 1. The van der Waals surface area contributed by atoms with E-state index >= 15 is 0 Å². The van der Waals surface area contributed by atoms with Crippen LogP contribution in [0.25, 0.3) is 0 Å². The van der Waals surface area contributed by atoms with E-state index < -0.39 is 0 Å². The highest BCUT2D eigenvalue weighted by Crippen LogP contribution is 2.31. The lowest BCUT2D eigenvalue weighted by molar-refractivity contribution is 0.446. The molecular weight excluding hydrogens is 201 g/mol. The van der Waals surface area contributed by atoms with Gasteiger partial charge in [0.15, 0.2) is 0 Å². The maximum Gasteiger partial charge on any atom is 0.128 e. The van der Waals surface area contributed by atoms with Gasteiger partial charge in [-0.2, -0.15) is 0 Å². The first-order valence-corrected chi connectivity index (χ1v) is 5.31. The van der Waals surface area contributed by atoms with Gasteiger partial charge in [0.05, 0.1) is 0 Å². The fourth-order valence-electron chi connectivity index (χ4n) is 2.00. The minimum Gasteiger partial charge on any atom is -0.316 e. The van der Waals surface area contributed by atoms with Gasteiger partial charge in [-0.3, -0.25) is 0 Å². The van der Waals surface area contributed by atoms with Crippen molar-refractivity contribution in [3.63, 3.8) is 0 Å². The van der Waals surface area contributed by atoms with E-state index in [0.717, 1.165) is 25.9 Å². The Morgan fingerprint density at radius 2 is 2.29 bits per heavy atom. The molecule has 1 aromatic rings. The van der Waals surface area contributed by atoms with Gasteiger partial charge in [-0.15, -0.1) is 0 Å². The molecule has 0 spiro atoms. The van der Waals surface area contributed by atoms with Crippen molar-refractivity contribution < 1.29 is 4.39 Å². The fourth-order valence-corrected chi connectivity index (χ4v) is 2.32. The predicted octanol–water partition coefficient (Wildman–Crippen LogP) is 2.95. The molecule has 3 heteroatoms. The summed E-state index contributed by atoms with van der Waals surface area (Å²) in [7, 11) is 0. The second-order valence-corrected chi connectivity index (χ2v) is 4.09. The van der Waals surface area contributed by atoms with Crippen LogP contribution in [0.1, 0.15) is 24.3 Å². The van der Waals surface area contributed by atoms with E-state index in [0.29, 0.717) is 10.6 Å². The van der Waals surface area contributed by atoms with Gasteiger partial charge in [0.25, 0.3) is 0 Å². The summed E-state index contributed by atoms with van der Waals surface area (Å²) < 4.78 is 13.5. The molecule has 0 bridgehead atoms. The lowest BCUT2D eigenvalue weighted by atomic mass is 9.91. The Labute approximate surface area is 88.3 Å². The molecule has 1 aliphatic rings. The monoisotopic (exact) mass is 213 g/mol. The molecule has 0 radical (unpaired) electrons. The maximum atomic E-state index is 13.5. The number of nitrogens with one attached hydrogen (secondary N) is 1. The topological polar surface area (TPSA) is 12.0 Å². The van der Waals surface area contributed by atoms with Crippen LogP contribution in [-0.2, 0) is 0 Å². The summed E-state index contributed by atoms with van der Waals surface area (Å²) in [6.45, 7) is 1.86. The van der Waals surface area contributed by atoms with Gasteiger partial charge < -0.3 is 5.32 Å². The second kappa shape index (κ2) is 4.28. The van der Waals surface area contributed by atoms with E-state index in [1.807, 2.05) is 0 Å². The molecule has 2 rings (SSSR count). The molecule has 1 heterocycles. The smallest absolute Gasteiger partial charge is 0.128 e. The molecule has 1 nitrogen and oxygen atoms in total. The molecule has 1 fully saturated rings. The number of hydrogen-bond acceptors (Lipinski definition) is 1. The predicted molar refractivity (Wildman–Crippen MR) is 56.3 cm³/mol. The van der Waals surface area contributed by atoms with Gasteiger partial charge in [-0.05, 0) is 31.5 Å². The van der Waals surface area contributed by atoms with E-state index in [2.05, 4.69) is 5.32 Å². The fraction of sp³-hybridized carbons (Fsp3) is 0.455. The Morgan fingerprint density at radius 3 is 2.93 bits per heavy atom. The van der Waals surface area contributed by atoms with Crippen molar-refractivity contribution in [2.24, 2.45) is 0 Å². The molecule has 0 amide bonds.